The highest BCUT2D eigenvalue weighted by Crippen LogP contribution is 2.32. The third-order valence-electron chi connectivity index (χ3n) is 4.01. The number of halogens is 4. The first kappa shape index (κ1) is 14.8. The Morgan fingerprint density at radius 3 is 2.05 bits per heavy atom. The van der Waals surface area contributed by atoms with Crippen LogP contribution in [-0.4, -0.2) is 0 Å². The van der Waals surface area contributed by atoms with Crippen molar-refractivity contribution in [1.82, 2.24) is 0 Å². The Hall–Kier alpha value is -2.17. The Balaban J connectivity index is 2.75. The van der Waals surface area contributed by atoms with Crippen molar-refractivity contribution < 1.29 is 22.0 Å². The molecule has 3 aromatic rings. The average molecular weight is 308 g/mol. The molecule has 22 heavy (non-hydrogen) atoms. The van der Waals surface area contributed by atoms with Gasteiger partial charge in [0.2, 0.25) is 5.52 Å². The zero-order chi connectivity index (χ0) is 16.0. The molecule has 0 saturated heterocycles. The van der Waals surface area contributed by atoms with Gasteiger partial charge in [0, 0.05) is 29.5 Å². The number of aryl methyl sites for hydroxylation is 2. The smallest absolute Gasteiger partial charge is 0.203 e. The van der Waals surface area contributed by atoms with Crippen LogP contribution in [-0.2, 0) is 12.8 Å². The fraction of sp³-hybridized carbons (Fsp3) is 0.235. The van der Waals surface area contributed by atoms with Crippen LogP contribution < -0.4 is 4.40 Å². The third-order valence-corrected chi connectivity index (χ3v) is 4.01. The summed E-state index contributed by atoms with van der Waals surface area (Å²) in [5, 5.41) is -0.381. The van der Waals surface area contributed by atoms with Crippen LogP contribution in [0, 0.1) is 23.3 Å². The summed E-state index contributed by atoms with van der Waals surface area (Å²) in [5.74, 6) is -6.22. The van der Waals surface area contributed by atoms with Crippen LogP contribution in [0.15, 0.2) is 24.4 Å². The van der Waals surface area contributed by atoms with Crippen molar-refractivity contribution in [2.75, 3.05) is 0 Å². The predicted octanol–water partition coefficient (Wildman–Crippen LogP) is 4.26. The molecule has 0 aliphatic rings. The molecule has 0 aliphatic heterocycles. The maximum atomic E-state index is 14.3. The lowest BCUT2D eigenvalue weighted by Gasteiger charge is -2.12. The molecule has 0 fully saturated rings. The van der Waals surface area contributed by atoms with Gasteiger partial charge in [-0.1, -0.05) is 13.8 Å². The highest BCUT2D eigenvalue weighted by Gasteiger charge is 2.29. The number of hydrogen-bond acceptors (Lipinski definition) is 0. The SMILES string of the molecule is CCc1c(CC)[n+]2ccccc2c2c(F)c(F)c(F)c(F)c12. The summed E-state index contributed by atoms with van der Waals surface area (Å²) in [4.78, 5) is 0. The van der Waals surface area contributed by atoms with Gasteiger partial charge in [-0.2, -0.15) is 4.40 Å². The fourth-order valence-electron chi connectivity index (χ4n) is 3.09. The van der Waals surface area contributed by atoms with E-state index in [1.807, 2.05) is 6.92 Å². The summed E-state index contributed by atoms with van der Waals surface area (Å²) in [5.41, 5.74) is 1.58. The van der Waals surface area contributed by atoms with Gasteiger partial charge in [0.1, 0.15) is 0 Å². The largest absolute Gasteiger partial charge is 0.221 e. The molecule has 0 unspecified atom stereocenters. The third kappa shape index (κ3) is 1.81. The van der Waals surface area contributed by atoms with Crippen LogP contribution in [0.5, 0.6) is 0 Å². The fourth-order valence-corrected chi connectivity index (χ4v) is 3.09. The maximum absolute atomic E-state index is 14.3. The number of aromatic nitrogens is 1. The summed E-state index contributed by atoms with van der Waals surface area (Å²) >= 11 is 0. The van der Waals surface area contributed by atoms with Crippen LogP contribution in [0.2, 0.25) is 0 Å². The normalized spacial score (nSPS) is 11.5. The van der Waals surface area contributed by atoms with Gasteiger partial charge < -0.3 is 0 Å². The maximum Gasteiger partial charge on any atom is 0.221 e. The summed E-state index contributed by atoms with van der Waals surface area (Å²) in [6, 6.07) is 4.98. The van der Waals surface area contributed by atoms with Crippen LogP contribution >= 0.6 is 0 Å². The van der Waals surface area contributed by atoms with Crippen molar-refractivity contribution in [1.29, 1.82) is 0 Å². The van der Waals surface area contributed by atoms with Crippen LogP contribution in [0.3, 0.4) is 0 Å². The molecule has 1 aromatic carbocycles. The number of benzene rings is 1. The summed E-state index contributed by atoms with van der Waals surface area (Å²) < 4.78 is 57.7. The molecule has 0 amide bonds. The van der Waals surface area contributed by atoms with Gasteiger partial charge in [-0.15, -0.1) is 0 Å². The lowest BCUT2D eigenvalue weighted by Crippen LogP contribution is -2.30. The summed E-state index contributed by atoms with van der Waals surface area (Å²) in [6.07, 6.45) is 2.66. The van der Waals surface area contributed by atoms with E-state index in [-0.39, 0.29) is 10.8 Å². The lowest BCUT2D eigenvalue weighted by atomic mass is 9.97. The highest BCUT2D eigenvalue weighted by atomic mass is 19.2. The van der Waals surface area contributed by atoms with Crippen molar-refractivity contribution in [3.05, 3.63) is 58.9 Å². The molecule has 3 rings (SSSR count). The Labute approximate surface area is 124 Å². The number of hydrogen-bond donors (Lipinski definition) is 0. The van der Waals surface area contributed by atoms with Gasteiger partial charge in [-0.3, -0.25) is 0 Å². The molecular formula is C17H14F4N+. The van der Waals surface area contributed by atoms with E-state index < -0.39 is 23.3 Å². The minimum atomic E-state index is -1.78. The topological polar surface area (TPSA) is 4.10 Å². The van der Waals surface area contributed by atoms with Gasteiger partial charge in [-0.05, 0) is 12.5 Å². The predicted molar refractivity (Wildman–Crippen MR) is 75.7 cm³/mol. The number of rotatable bonds is 2. The number of pyridine rings is 2. The Bertz CT molecular complexity index is 903. The molecule has 2 aromatic heterocycles. The molecule has 0 bridgehead atoms. The van der Waals surface area contributed by atoms with Crippen molar-refractivity contribution in [3.8, 4) is 0 Å². The quantitative estimate of drug-likeness (QED) is 0.219. The Morgan fingerprint density at radius 1 is 0.818 bits per heavy atom. The minimum Gasteiger partial charge on any atom is -0.203 e. The summed E-state index contributed by atoms with van der Waals surface area (Å²) in [6.45, 7) is 3.66. The van der Waals surface area contributed by atoms with Crippen molar-refractivity contribution in [2.24, 2.45) is 0 Å². The van der Waals surface area contributed by atoms with Gasteiger partial charge in [0.05, 0.1) is 5.39 Å². The second kappa shape index (κ2) is 5.23. The van der Waals surface area contributed by atoms with Crippen molar-refractivity contribution in [3.63, 3.8) is 0 Å². The molecule has 0 spiro atoms. The zero-order valence-corrected chi connectivity index (χ0v) is 12.2. The van der Waals surface area contributed by atoms with E-state index in [0.717, 1.165) is 5.69 Å². The lowest BCUT2D eigenvalue weighted by molar-refractivity contribution is -0.521. The van der Waals surface area contributed by atoms with E-state index in [0.29, 0.717) is 23.9 Å². The van der Waals surface area contributed by atoms with E-state index in [2.05, 4.69) is 0 Å². The van der Waals surface area contributed by atoms with Crippen LogP contribution in [0.25, 0.3) is 16.3 Å². The van der Waals surface area contributed by atoms with Gasteiger partial charge in [-0.25, -0.2) is 17.6 Å². The minimum absolute atomic E-state index is 0.165. The summed E-state index contributed by atoms with van der Waals surface area (Å²) in [7, 11) is 0. The Kier molecular flexibility index (Phi) is 3.51. The molecule has 114 valence electrons. The van der Waals surface area contributed by atoms with E-state index in [1.165, 1.54) is 0 Å². The van der Waals surface area contributed by atoms with Crippen LogP contribution in [0.4, 0.5) is 17.6 Å². The first-order chi connectivity index (χ1) is 10.5. The second-order valence-corrected chi connectivity index (χ2v) is 5.09. The molecule has 0 aliphatic carbocycles. The van der Waals surface area contributed by atoms with Gasteiger partial charge in [0.15, 0.2) is 35.2 Å². The number of nitrogens with zero attached hydrogens (tertiary/aromatic N) is 1. The second-order valence-electron chi connectivity index (χ2n) is 5.09. The van der Waals surface area contributed by atoms with E-state index in [1.54, 1.807) is 35.7 Å². The van der Waals surface area contributed by atoms with Crippen molar-refractivity contribution in [2.45, 2.75) is 26.7 Å². The van der Waals surface area contributed by atoms with Crippen molar-refractivity contribution >= 4 is 16.3 Å². The molecule has 0 N–H and O–H groups in total. The van der Waals surface area contributed by atoms with E-state index in [4.69, 9.17) is 0 Å². The average Bonchev–Trinajstić information content (AvgIpc) is 2.55. The van der Waals surface area contributed by atoms with E-state index in [9.17, 15) is 17.6 Å². The molecule has 0 radical (unpaired) electrons. The molecule has 0 atom stereocenters. The molecular weight excluding hydrogens is 294 g/mol. The first-order valence-electron chi connectivity index (χ1n) is 7.12. The van der Waals surface area contributed by atoms with Crippen LogP contribution in [0.1, 0.15) is 25.1 Å². The molecule has 5 heteroatoms. The molecule has 2 heterocycles. The van der Waals surface area contributed by atoms with Gasteiger partial charge in [0.25, 0.3) is 0 Å². The first-order valence-corrected chi connectivity index (χ1v) is 7.12. The van der Waals surface area contributed by atoms with E-state index >= 15 is 0 Å². The van der Waals surface area contributed by atoms with Gasteiger partial charge >= 0.3 is 0 Å². The highest BCUT2D eigenvalue weighted by molar-refractivity contribution is 5.97. The molecule has 0 saturated carbocycles. The molecule has 1 nitrogen and oxygen atoms in total. The number of fused-ring (bicyclic) bond motifs is 3. The monoisotopic (exact) mass is 308 g/mol. The zero-order valence-electron chi connectivity index (χ0n) is 12.2. The Morgan fingerprint density at radius 2 is 1.45 bits per heavy atom. The standard InChI is InChI=1S/C17H14F4N/c1-3-9-10(4-2)22-8-6-5-7-11(22)13-12(9)14(18)16(20)17(21)15(13)19/h5-8H,3-4H2,1-2H3/q+1.